The molecule has 0 saturated carbocycles. The van der Waals surface area contributed by atoms with Crippen molar-refractivity contribution in [1.82, 2.24) is 14.1 Å². The van der Waals surface area contributed by atoms with E-state index in [9.17, 15) is 14.4 Å². The van der Waals surface area contributed by atoms with E-state index in [1.807, 2.05) is 42.7 Å². The first kappa shape index (κ1) is 23.3. The Morgan fingerprint density at radius 1 is 1.06 bits per heavy atom. The van der Waals surface area contributed by atoms with Crippen LogP contribution in [0.5, 0.6) is 11.5 Å². The van der Waals surface area contributed by atoms with Crippen molar-refractivity contribution in [2.45, 2.75) is 33.4 Å². The topological polar surface area (TPSA) is 102 Å². The number of Topliss-reactive ketones (excluding diaryl/α,β-unsaturated/α-hetero) is 1. The molecular formula is C27H25N3O6. The number of nitrogens with zero attached hydrogens (tertiary/aromatic N) is 3. The number of benzene rings is 2. The molecule has 0 bridgehead atoms. The largest absolute Gasteiger partial charge is 0.457 e. The molecule has 0 unspecified atom stereocenters. The van der Waals surface area contributed by atoms with Gasteiger partial charge in [0, 0.05) is 30.0 Å². The fourth-order valence-corrected chi connectivity index (χ4v) is 4.32. The van der Waals surface area contributed by atoms with Crippen LogP contribution >= 0.6 is 0 Å². The highest BCUT2D eigenvalue weighted by atomic mass is 16.7. The second-order valence-electron chi connectivity index (χ2n) is 8.65. The molecule has 2 aromatic carbocycles. The monoisotopic (exact) mass is 487 g/mol. The molecule has 1 aliphatic rings. The molecule has 5 rings (SSSR count). The normalized spacial score (nSPS) is 12.2. The molecule has 0 spiro atoms. The number of hydrogen-bond donors (Lipinski definition) is 0. The maximum atomic E-state index is 12.8. The molecule has 0 fully saturated rings. The lowest BCUT2D eigenvalue weighted by Gasteiger charge is -2.11. The number of ketones is 1. The van der Waals surface area contributed by atoms with E-state index < -0.39 is 5.97 Å². The number of rotatable bonds is 8. The summed E-state index contributed by atoms with van der Waals surface area (Å²) in [5.41, 5.74) is 3.62. The molecule has 3 heterocycles. The van der Waals surface area contributed by atoms with E-state index in [1.165, 1.54) is 10.9 Å². The quantitative estimate of drug-likeness (QED) is 0.277. The average Bonchev–Trinajstić information content (AvgIpc) is 3.46. The van der Waals surface area contributed by atoms with E-state index in [0.717, 1.165) is 22.7 Å². The van der Waals surface area contributed by atoms with Crippen molar-refractivity contribution in [3.05, 3.63) is 87.7 Å². The highest BCUT2D eigenvalue weighted by Gasteiger charge is 2.19. The minimum absolute atomic E-state index is 0.0453. The van der Waals surface area contributed by atoms with Crippen LogP contribution < -0.4 is 15.0 Å². The summed E-state index contributed by atoms with van der Waals surface area (Å²) >= 11 is 0. The van der Waals surface area contributed by atoms with Gasteiger partial charge in [-0.3, -0.25) is 19.0 Å². The minimum atomic E-state index is -0.558. The van der Waals surface area contributed by atoms with Gasteiger partial charge in [0.1, 0.15) is 0 Å². The summed E-state index contributed by atoms with van der Waals surface area (Å²) in [7, 11) is 0. The third-order valence-corrected chi connectivity index (χ3v) is 6.30. The van der Waals surface area contributed by atoms with E-state index >= 15 is 0 Å². The maximum Gasteiger partial charge on any atom is 0.308 e. The van der Waals surface area contributed by atoms with E-state index in [1.54, 1.807) is 24.3 Å². The molecule has 36 heavy (non-hydrogen) atoms. The third kappa shape index (κ3) is 4.59. The Hall–Kier alpha value is -4.40. The fourth-order valence-electron chi connectivity index (χ4n) is 4.32. The van der Waals surface area contributed by atoms with E-state index in [-0.39, 0.29) is 37.7 Å². The number of esters is 1. The molecule has 9 nitrogen and oxygen atoms in total. The summed E-state index contributed by atoms with van der Waals surface area (Å²) in [6, 6.07) is 14.6. The maximum absolute atomic E-state index is 12.8. The zero-order valence-corrected chi connectivity index (χ0v) is 20.0. The van der Waals surface area contributed by atoms with Gasteiger partial charge in [0.25, 0.3) is 5.56 Å². The van der Waals surface area contributed by atoms with Crippen LogP contribution in [-0.4, -0.2) is 39.3 Å². The van der Waals surface area contributed by atoms with Gasteiger partial charge in [-0.15, -0.1) is 0 Å². The van der Waals surface area contributed by atoms with Gasteiger partial charge in [0.05, 0.1) is 23.7 Å². The molecule has 0 amide bonds. The number of fused-ring (bicyclic) bond motifs is 2. The summed E-state index contributed by atoms with van der Waals surface area (Å²) in [6.45, 7) is 4.33. The molecule has 9 heteroatoms. The van der Waals surface area contributed by atoms with Crippen molar-refractivity contribution < 1.29 is 23.8 Å². The Morgan fingerprint density at radius 3 is 2.72 bits per heavy atom. The molecule has 0 saturated heterocycles. The van der Waals surface area contributed by atoms with Gasteiger partial charge in [-0.1, -0.05) is 18.2 Å². The summed E-state index contributed by atoms with van der Waals surface area (Å²) < 4.78 is 19.4. The number of para-hydroxylation sites is 1. The Morgan fingerprint density at radius 2 is 1.86 bits per heavy atom. The van der Waals surface area contributed by atoms with Crippen LogP contribution in [0.15, 0.2) is 59.7 Å². The predicted molar refractivity (Wildman–Crippen MR) is 131 cm³/mol. The zero-order chi connectivity index (χ0) is 25.2. The Labute approximate surface area is 206 Å². The lowest BCUT2D eigenvalue weighted by molar-refractivity contribution is -0.142. The van der Waals surface area contributed by atoms with Gasteiger partial charge in [0.15, 0.2) is 18.1 Å². The van der Waals surface area contributed by atoms with Crippen LogP contribution in [0.25, 0.3) is 10.9 Å². The predicted octanol–water partition coefficient (Wildman–Crippen LogP) is 3.41. The van der Waals surface area contributed by atoms with Gasteiger partial charge in [-0.2, -0.15) is 0 Å². The van der Waals surface area contributed by atoms with Crippen molar-refractivity contribution in [2.75, 3.05) is 13.4 Å². The van der Waals surface area contributed by atoms with Gasteiger partial charge < -0.3 is 18.8 Å². The highest BCUT2D eigenvalue weighted by Crippen LogP contribution is 2.33. The SMILES string of the molecule is Cc1cc(C(=O)COC(=O)CCn2cnc3ccccc3c2=O)c(C)n1Cc1ccc2c(c1)OCO2. The Bertz CT molecular complexity index is 1530. The van der Waals surface area contributed by atoms with Crippen molar-refractivity contribution >= 4 is 22.7 Å². The molecule has 0 radical (unpaired) electrons. The van der Waals surface area contributed by atoms with Crippen molar-refractivity contribution in [1.29, 1.82) is 0 Å². The number of carbonyl (C=O) groups is 2. The second kappa shape index (κ2) is 9.69. The average molecular weight is 488 g/mol. The van der Waals surface area contributed by atoms with Crippen LogP contribution in [0.1, 0.15) is 33.7 Å². The molecule has 184 valence electrons. The highest BCUT2D eigenvalue weighted by molar-refractivity contribution is 5.99. The van der Waals surface area contributed by atoms with E-state index in [4.69, 9.17) is 14.2 Å². The van der Waals surface area contributed by atoms with Gasteiger partial charge >= 0.3 is 5.97 Å². The van der Waals surface area contributed by atoms with Crippen molar-refractivity contribution in [3.63, 3.8) is 0 Å². The van der Waals surface area contributed by atoms with Crippen molar-refractivity contribution in [3.8, 4) is 11.5 Å². The first-order chi connectivity index (χ1) is 17.4. The number of hydrogen-bond acceptors (Lipinski definition) is 7. The molecule has 0 N–H and O–H groups in total. The standard InChI is InChI=1S/C27H25N3O6/c1-17-11-21(18(2)30(17)13-19-7-8-24-25(12-19)36-16-35-24)23(31)14-34-26(32)9-10-29-15-28-22-6-4-3-5-20(22)27(29)33/h3-8,11-12,15H,9-10,13-14,16H2,1-2H3. The molecular weight excluding hydrogens is 462 g/mol. The zero-order valence-electron chi connectivity index (χ0n) is 20.0. The first-order valence-electron chi connectivity index (χ1n) is 11.6. The summed E-state index contributed by atoms with van der Waals surface area (Å²) in [4.78, 5) is 41.9. The van der Waals surface area contributed by atoms with Gasteiger partial charge in [-0.05, 0) is 49.7 Å². The van der Waals surface area contributed by atoms with Gasteiger partial charge in [-0.25, -0.2) is 4.98 Å². The van der Waals surface area contributed by atoms with Crippen LogP contribution in [0.4, 0.5) is 0 Å². The summed E-state index contributed by atoms with van der Waals surface area (Å²) in [5, 5.41) is 0.486. The third-order valence-electron chi connectivity index (χ3n) is 6.30. The smallest absolute Gasteiger partial charge is 0.308 e. The van der Waals surface area contributed by atoms with Crippen LogP contribution in [0.3, 0.4) is 0 Å². The van der Waals surface area contributed by atoms with E-state index in [0.29, 0.717) is 28.8 Å². The number of aryl methyl sites for hydroxylation is 2. The molecule has 0 aliphatic carbocycles. The molecule has 2 aromatic heterocycles. The van der Waals surface area contributed by atoms with Crippen LogP contribution in [0.2, 0.25) is 0 Å². The van der Waals surface area contributed by atoms with Crippen LogP contribution in [-0.2, 0) is 22.6 Å². The number of carbonyl (C=O) groups excluding carboxylic acids is 2. The Balaban J connectivity index is 1.19. The lowest BCUT2D eigenvalue weighted by Crippen LogP contribution is -2.23. The number of aromatic nitrogens is 3. The number of ether oxygens (including phenoxy) is 3. The Kier molecular flexibility index (Phi) is 6.28. The molecule has 4 aromatic rings. The molecule has 1 aliphatic heterocycles. The summed E-state index contributed by atoms with van der Waals surface area (Å²) in [5.74, 6) is 0.592. The van der Waals surface area contributed by atoms with Gasteiger partial charge in [0.2, 0.25) is 12.6 Å². The minimum Gasteiger partial charge on any atom is -0.457 e. The molecule has 0 atom stereocenters. The fraction of sp³-hybridized carbons (Fsp3) is 0.259. The van der Waals surface area contributed by atoms with E-state index in [2.05, 4.69) is 4.98 Å². The lowest BCUT2D eigenvalue weighted by atomic mass is 10.1. The van der Waals surface area contributed by atoms with Crippen LogP contribution in [0, 0.1) is 13.8 Å². The second-order valence-corrected chi connectivity index (χ2v) is 8.65. The van der Waals surface area contributed by atoms with Crippen molar-refractivity contribution in [2.24, 2.45) is 0 Å². The first-order valence-corrected chi connectivity index (χ1v) is 11.6. The summed E-state index contributed by atoms with van der Waals surface area (Å²) in [6.07, 6.45) is 1.37.